The molecule has 0 saturated carbocycles. The van der Waals surface area contributed by atoms with Crippen molar-refractivity contribution in [1.82, 2.24) is 15.6 Å². The molecule has 0 spiro atoms. The summed E-state index contributed by atoms with van der Waals surface area (Å²) in [6.45, 7) is 5.59. The second-order valence-corrected chi connectivity index (χ2v) is 13.1. The number of para-hydroxylation sites is 1. The Morgan fingerprint density at radius 1 is 0.692 bits per heavy atom. The zero-order chi connectivity index (χ0) is 36.9. The number of ether oxygens (including phenoxy) is 3. The van der Waals surface area contributed by atoms with E-state index in [0.29, 0.717) is 12.1 Å². The van der Waals surface area contributed by atoms with Crippen LogP contribution in [0.15, 0.2) is 109 Å². The molecule has 1 atom stereocenters. The fraction of sp³-hybridized carbons (Fsp3) is 0.250. The van der Waals surface area contributed by atoms with Gasteiger partial charge in [0.2, 0.25) is 5.91 Å². The van der Waals surface area contributed by atoms with E-state index in [9.17, 15) is 19.2 Å². The molecule has 1 aromatic heterocycles. The predicted molar refractivity (Wildman–Crippen MR) is 199 cm³/mol. The van der Waals surface area contributed by atoms with Crippen molar-refractivity contribution in [3.05, 3.63) is 132 Å². The van der Waals surface area contributed by atoms with Gasteiger partial charge in [0.25, 0.3) is 0 Å². The number of carbonyl (C=O) groups is 4. The molecule has 1 heterocycles. The molecule has 0 bridgehead atoms. The number of amides is 4. The lowest BCUT2D eigenvalue weighted by molar-refractivity contribution is -0.123. The molecule has 4 amide bonds. The molecule has 0 unspecified atom stereocenters. The molecule has 52 heavy (non-hydrogen) atoms. The van der Waals surface area contributed by atoms with Gasteiger partial charge >= 0.3 is 18.3 Å². The second kappa shape index (κ2) is 17.6. The SMILES string of the molecule is CC(C)(C)OC(=O)N[C@@H](Cc1c[nH]c2ccccc12)C(=O)NCCc1ccc(NC(=O)OCc2ccccc2)c(NC(=O)OCc2ccccc2)c1. The van der Waals surface area contributed by atoms with Crippen molar-refractivity contribution in [2.75, 3.05) is 17.2 Å². The molecular weight excluding hydrogens is 662 g/mol. The van der Waals surface area contributed by atoms with Crippen LogP contribution in [0.4, 0.5) is 25.8 Å². The van der Waals surface area contributed by atoms with Gasteiger partial charge in [-0.3, -0.25) is 15.4 Å². The van der Waals surface area contributed by atoms with Crippen molar-refractivity contribution in [2.24, 2.45) is 0 Å². The highest BCUT2D eigenvalue weighted by Gasteiger charge is 2.25. The molecule has 0 aliphatic rings. The minimum absolute atomic E-state index is 0.0529. The molecule has 0 saturated heterocycles. The normalized spacial score (nSPS) is 11.6. The molecule has 4 aromatic carbocycles. The van der Waals surface area contributed by atoms with Crippen LogP contribution < -0.4 is 21.3 Å². The molecule has 12 nitrogen and oxygen atoms in total. The van der Waals surface area contributed by atoms with E-state index in [1.807, 2.05) is 91.1 Å². The van der Waals surface area contributed by atoms with Gasteiger partial charge in [0.15, 0.2) is 0 Å². The summed E-state index contributed by atoms with van der Waals surface area (Å²) in [4.78, 5) is 55.0. The second-order valence-electron chi connectivity index (χ2n) is 13.1. The average Bonchev–Trinajstić information content (AvgIpc) is 3.53. The van der Waals surface area contributed by atoms with Crippen LogP contribution in [0.5, 0.6) is 0 Å². The Morgan fingerprint density at radius 3 is 1.92 bits per heavy atom. The molecule has 5 rings (SSSR count). The summed E-state index contributed by atoms with van der Waals surface area (Å²) in [5, 5.41) is 12.0. The number of hydrogen-bond donors (Lipinski definition) is 5. The average molecular weight is 706 g/mol. The maximum atomic E-state index is 13.5. The minimum atomic E-state index is -0.917. The van der Waals surface area contributed by atoms with Gasteiger partial charge in [0.1, 0.15) is 24.9 Å². The van der Waals surface area contributed by atoms with Crippen molar-refractivity contribution in [2.45, 2.75) is 58.5 Å². The topological polar surface area (TPSA) is 160 Å². The molecular formula is C40H43N5O7. The molecule has 0 fully saturated rings. The van der Waals surface area contributed by atoms with Crippen LogP contribution in [0, 0.1) is 0 Å². The molecule has 5 N–H and O–H groups in total. The summed E-state index contributed by atoms with van der Waals surface area (Å²) in [7, 11) is 0. The number of benzene rings is 4. The Labute approximate surface area is 302 Å². The maximum Gasteiger partial charge on any atom is 0.412 e. The molecule has 0 radical (unpaired) electrons. The first-order valence-electron chi connectivity index (χ1n) is 16.9. The number of hydrogen-bond acceptors (Lipinski definition) is 7. The van der Waals surface area contributed by atoms with Crippen LogP contribution in [-0.4, -0.2) is 47.4 Å². The van der Waals surface area contributed by atoms with Gasteiger partial charge < -0.3 is 29.8 Å². The fourth-order valence-corrected chi connectivity index (χ4v) is 5.33. The van der Waals surface area contributed by atoms with Crippen molar-refractivity contribution >= 4 is 46.5 Å². The zero-order valence-electron chi connectivity index (χ0n) is 29.4. The van der Waals surface area contributed by atoms with Gasteiger partial charge in [-0.05, 0) is 67.6 Å². The van der Waals surface area contributed by atoms with Gasteiger partial charge in [0.05, 0.1) is 11.4 Å². The summed E-state index contributed by atoms with van der Waals surface area (Å²) < 4.78 is 16.2. The summed E-state index contributed by atoms with van der Waals surface area (Å²) in [5.41, 5.74) is 4.00. The highest BCUT2D eigenvalue weighted by molar-refractivity contribution is 5.95. The first-order chi connectivity index (χ1) is 25.0. The van der Waals surface area contributed by atoms with E-state index in [4.69, 9.17) is 14.2 Å². The third kappa shape index (κ3) is 11.4. The highest BCUT2D eigenvalue weighted by Crippen LogP contribution is 2.25. The summed E-state index contributed by atoms with van der Waals surface area (Å²) in [6.07, 6.45) is 0.299. The number of aromatic nitrogens is 1. The van der Waals surface area contributed by atoms with Gasteiger partial charge in [0, 0.05) is 30.1 Å². The van der Waals surface area contributed by atoms with Crippen LogP contribution >= 0.6 is 0 Å². The van der Waals surface area contributed by atoms with E-state index >= 15 is 0 Å². The summed E-state index contributed by atoms with van der Waals surface area (Å²) in [6, 6.07) is 30.4. The van der Waals surface area contributed by atoms with Gasteiger partial charge in [-0.2, -0.15) is 0 Å². The van der Waals surface area contributed by atoms with Crippen molar-refractivity contribution < 1.29 is 33.4 Å². The van der Waals surface area contributed by atoms with Crippen molar-refractivity contribution in [1.29, 1.82) is 0 Å². The van der Waals surface area contributed by atoms with Crippen molar-refractivity contribution in [3.63, 3.8) is 0 Å². The third-order valence-electron chi connectivity index (χ3n) is 7.80. The smallest absolute Gasteiger partial charge is 0.412 e. The minimum Gasteiger partial charge on any atom is -0.444 e. The van der Waals surface area contributed by atoms with Gasteiger partial charge in [-0.1, -0.05) is 84.9 Å². The molecule has 0 aliphatic heterocycles. The number of aromatic amines is 1. The first-order valence-corrected chi connectivity index (χ1v) is 16.9. The fourth-order valence-electron chi connectivity index (χ4n) is 5.33. The number of fused-ring (bicyclic) bond motifs is 1. The molecule has 5 aromatic rings. The van der Waals surface area contributed by atoms with Crippen LogP contribution in [0.1, 0.15) is 43.0 Å². The zero-order valence-corrected chi connectivity index (χ0v) is 29.4. The lowest BCUT2D eigenvalue weighted by Crippen LogP contribution is -2.49. The standard InChI is InChI=1S/C40H43N5O7/c1-40(2,3)52-39(49)45-35(23-30-24-42-32-17-11-10-16-31(30)32)36(46)41-21-20-27-18-19-33(43-37(47)50-25-28-12-6-4-7-13-28)34(22-27)44-38(48)51-26-29-14-8-5-9-15-29/h4-19,22,24,35,42H,20-21,23,25-26H2,1-3H3,(H,41,46)(H,43,47)(H,44,48)(H,45,49)/t35-/m0/s1. The highest BCUT2D eigenvalue weighted by atomic mass is 16.6. The van der Waals surface area contributed by atoms with E-state index in [1.54, 1.807) is 39.0 Å². The van der Waals surface area contributed by atoms with Crippen LogP contribution in [0.3, 0.4) is 0 Å². The number of rotatable bonds is 13. The summed E-state index contributed by atoms with van der Waals surface area (Å²) in [5.74, 6) is -0.390. The van der Waals surface area contributed by atoms with Crippen LogP contribution in [-0.2, 0) is 45.1 Å². The van der Waals surface area contributed by atoms with E-state index in [2.05, 4.69) is 26.3 Å². The lowest BCUT2D eigenvalue weighted by Gasteiger charge is -2.23. The Hall–Kier alpha value is -6.30. The lowest BCUT2D eigenvalue weighted by atomic mass is 10.0. The molecule has 0 aliphatic carbocycles. The van der Waals surface area contributed by atoms with Crippen LogP contribution in [0.25, 0.3) is 10.9 Å². The monoisotopic (exact) mass is 705 g/mol. The third-order valence-corrected chi connectivity index (χ3v) is 7.80. The van der Waals surface area contributed by atoms with E-state index in [1.165, 1.54) is 0 Å². The van der Waals surface area contributed by atoms with Gasteiger partial charge in [-0.25, -0.2) is 14.4 Å². The van der Waals surface area contributed by atoms with Crippen molar-refractivity contribution in [3.8, 4) is 0 Å². The number of H-pyrrole nitrogens is 1. The Kier molecular flexibility index (Phi) is 12.5. The van der Waals surface area contributed by atoms with E-state index in [-0.39, 0.29) is 31.9 Å². The Bertz CT molecular complexity index is 1970. The summed E-state index contributed by atoms with van der Waals surface area (Å²) >= 11 is 0. The number of anilines is 2. The number of alkyl carbamates (subject to hydrolysis) is 1. The first kappa shape index (κ1) is 37.0. The molecule has 12 heteroatoms. The van der Waals surface area contributed by atoms with E-state index < -0.39 is 35.8 Å². The predicted octanol–water partition coefficient (Wildman–Crippen LogP) is 7.46. The largest absolute Gasteiger partial charge is 0.444 e. The quantitative estimate of drug-likeness (QED) is 0.0795. The Balaban J connectivity index is 1.25. The molecule has 270 valence electrons. The number of nitrogens with one attached hydrogen (secondary N) is 5. The van der Waals surface area contributed by atoms with Gasteiger partial charge in [-0.15, -0.1) is 0 Å². The van der Waals surface area contributed by atoms with E-state index in [0.717, 1.165) is 33.2 Å². The number of carbonyl (C=O) groups excluding carboxylic acids is 4. The maximum absolute atomic E-state index is 13.5. The Morgan fingerprint density at radius 2 is 1.29 bits per heavy atom. The van der Waals surface area contributed by atoms with Crippen LogP contribution in [0.2, 0.25) is 0 Å².